The molecule has 0 unspecified atom stereocenters. The van der Waals surface area contributed by atoms with Gasteiger partial charge in [-0.05, 0) is 13.8 Å². The summed E-state index contributed by atoms with van der Waals surface area (Å²) in [5.41, 5.74) is 0. The predicted octanol–water partition coefficient (Wildman–Crippen LogP) is 0.885. The van der Waals surface area contributed by atoms with Crippen LogP contribution in [-0.2, 0) is 9.59 Å². The average molecular weight is 187 g/mol. The van der Waals surface area contributed by atoms with Gasteiger partial charge in [-0.3, -0.25) is 4.79 Å². The third-order valence-corrected chi connectivity index (χ3v) is 3.43. The molecule has 0 aromatic heterocycles. The van der Waals surface area contributed by atoms with E-state index in [0.29, 0.717) is 0 Å². The molecule has 1 saturated heterocycles. The van der Waals surface area contributed by atoms with Gasteiger partial charge in [0.25, 0.3) is 0 Å². The number of rotatable bonds is 1. The molecule has 68 valence electrons. The van der Waals surface area contributed by atoms with Gasteiger partial charge in [0, 0.05) is 12.7 Å². The van der Waals surface area contributed by atoms with Gasteiger partial charge in [-0.1, -0.05) is 0 Å². The van der Waals surface area contributed by atoms with E-state index in [0.717, 1.165) is 12.0 Å². The number of aldehydes is 1. The first kappa shape index (κ1) is 9.58. The van der Waals surface area contributed by atoms with Crippen molar-refractivity contribution in [3.63, 3.8) is 0 Å². The second-order valence-electron chi connectivity index (χ2n) is 3.35. The molecule has 1 fully saturated rings. The van der Waals surface area contributed by atoms with E-state index < -0.39 is 0 Å². The van der Waals surface area contributed by atoms with Gasteiger partial charge in [-0.25, -0.2) is 0 Å². The molecule has 0 aromatic carbocycles. The molecule has 0 radical (unpaired) electrons. The predicted molar refractivity (Wildman–Crippen MR) is 48.9 cm³/mol. The topological polar surface area (TPSA) is 37.4 Å². The summed E-state index contributed by atoms with van der Waals surface area (Å²) >= 11 is 1.64. The molecule has 0 aliphatic carbocycles. The molecule has 12 heavy (non-hydrogen) atoms. The highest BCUT2D eigenvalue weighted by molar-refractivity contribution is 8.00. The van der Waals surface area contributed by atoms with Crippen LogP contribution < -0.4 is 0 Å². The van der Waals surface area contributed by atoms with Crippen molar-refractivity contribution in [3.8, 4) is 0 Å². The Labute approximate surface area is 76.5 Å². The summed E-state index contributed by atoms with van der Waals surface area (Å²) in [5.74, 6) is 0.693. The van der Waals surface area contributed by atoms with Gasteiger partial charge in [0.2, 0.25) is 5.91 Å². The van der Waals surface area contributed by atoms with E-state index in [1.54, 1.807) is 16.7 Å². The molecule has 1 atom stereocenters. The molecular formula is C8H13NO2S. The second kappa shape index (κ2) is 3.09. The number of hydrogen-bond acceptors (Lipinski definition) is 3. The van der Waals surface area contributed by atoms with Crippen LogP contribution in [0, 0.1) is 0 Å². The molecule has 1 amide bonds. The Bertz CT molecular complexity index is 215. The zero-order valence-electron chi connectivity index (χ0n) is 7.53. The number of carbonyl (C=O) groups excluding carboxylic acids is 2. The zero-order chi connectivity index (χ0) is 9.35. The summed E-state index contributed by atoms with van der Waals surface area (Å²) < 4.78 is 0. The van der Waals surface area contributed by atoms with Crippen LogP contribution in [-0.4, -0.2) is 33.8 Å². The minimum atomic E-state index is -0.234. The Hall–Kier alpha value is -0.510. The summed E-state index contributed by atoms with van der Waals surface area (Å²) in [6.45, 7) is 5.43. The molecule has 0 N–H and O–H groups in total. The number of carbonyl (C=O) groups is 2. The number of hydrogen-bond donors (Lipinski definition) is 0. The van der Waals surface area contributed by atoms with Crippen LogP contribution in [0.15, 0.2) is 0 Å². The average Bonchev–Trinajstić information content (AvgIpc) is 2.24. The van der Waals surface area contributed by atoms with Gasteiger partial charge in [0.05, 0.1) is 10.9 Å². The minimum absolute atomic E-state index is 0.0258. The Kier molecular flexibility index (Phi) is 2.46. The molecule has 0 saturated carbocycles. The summed E-state index contributed by atoms with van der Waals surface area (Å²) in [4.78, 5) is 23.2. The van der Waals surface area contributed by atoms with Gasteiger partial charge in [0.15, 0.2) is 0 Å². The molecule has 4 heteroatoms. The van der Waals surface area contributed by atoms with Crippen molar-refractivity contribution in [3.05, 3.63) is 0 Å². The number of thioether (sulfide) groups is 1. The summed E-state index contributed by atoms with van der Waals surface area (Å²) in [6.07, 6.45) is 0.850. The highest BCUT2D eigenvalue weighted by Gasteiger charge is 2.41. The molecule has 1 aliphatic heterocycles. The number of amides is 1. The molecule has 3 nitrogen and oxygen atoms in total. The maximum absolute atomic E-state index is 11.2. The van der Waals surface area contributed by atoms with Crippen LogP contribution in [0.25, 0.3) is 0 Å². The lowest BCUT2D eigenvalue weighted by atomic mass is 10.2. The van der Waals surface area contributed by atoms with Crippen molar-refractivity contribution in [2.75, 3.05) is 5.75 Å². The first-order chi connectivity index (χ1) is 5.49. The van der Waals surface area contributed by atoms with Crippen LogP contribution in [0.2, 0.25) is 0 Å². The van der Waals surface area contributed by atoms with Crippen LogP contribution >= 0.6 is 11.8 Å². The van der Waals surface area contributed by atoms with Crippen molar-refractivity contribution in [2.24, 2.45) is 0 Å². The van der Waals surface area contributed by atoms with E-state index in [1.807, 2.05) is 13.8 Å². The maximum Gasteiger partial charge on any atom is 0.221 e. The van der Waals surface area contributed by atoms with E-state index in [2.05, 4.69) is 0 Å². The first-order valence-electron chi connectivity index (χ1n) is 3.88. The fourth-order valence-corrected chi connectivity index (χ4v) is 2.75. The van der Waals surface area contributed by atoms with Gasteiger partial charge in [-0.2, -0.15) is 0 Å². The molecule has 1 heterocycles. The first-order valence-corrected chi connectivity index (χ1v) is 4.87. The lowest BCUT2D eigenvalue weighted by Crippen LogP contribution is -2.46. The highest BCUT2D eigenvalue weighted by Crippen LogP contribution is 2.37. The van der Waals surface area contributed by atoms with Gasteiger partial charge in [0.1, 0.15) is 6.29 Å². The van der Waals surface area contributed by atoms with Crippen LogP contribution in [0.1, 0.15) is 20.8 Å². The molecule has 1 aliphatic rings. The Morgan fingerprint density at radius 3 is 2.58 bits per heavy atom. The minimum Gasteiger partial charge on any atom is -0.318 e. The summed E-state index contributed by atoms with van der Waals surface area (Å²) in [6, 6.07) is -0.234. The highest BCUT2D eigenvalue weighted by atomic mass is 32.2. The van der Waals surface area contributed by atoms with Crippen LogP contribution in [0.5, 0.6) is 0 Å². The Balaban J connectivity index is 2.87. The van der Waals surface area contributed by atoms with Crippen molar-refractivity contribution < 1.29 is 9.59 Å². The van der Waals surface area contributed by atoms with E-state index in [1.165, 1.54) is 6.92 Å². The lowest BCUT2D eigenvalue weighted by Gasteiger charge is -2.31. The van der Waals surface area contributed by atoms with Crippen molar-refractivity contribution in [2.45, 2.75) is 31.7 Å². The normalized spacial score (nSPS) is 27.2. The fourth-order valence-electron chi connectivity index (χ4n) is 1.55. The van der Waals surface area contributed by atoms with Gasteiger partial charge in [-0.15, -0.1) is 11.8 Å². The third kappa shape index (κ3) is 1.48. The number of nitrogens with zero attached hydrogens (tertiary/aromatic N) is 1. The molecule has 0 aromatic rings. The van der Waals surface area contributed by atoms with Gasteiger partial charge < -0.3 is 9.69 Å². The quantitative estimate of drug-likeness (QED) is 0.572. The van der Waals surface area contributed by atoms with Gasteiger partial charge >= 0.3 is 0 Å². The van der Waals surface area contributed by atoms with E-state index >= 15 is 0 Å². The fraction of sp³-hybridized carbons (Fsp3) is 0.750. The van der Waals surface area contributed by atoms with E-state index in [-0.39, 0.29) is 16.8 Å². The van der Waals surface area contributed by atoms with E-state index in [9.17, 15) is 9.59 Å². The second-order valence-corrected chi connectivity index (χ2v) is 4.97. The van der Waals surface area contributed by atoms with Crippen LogP contribution in [0.4, 0.5) is 0 Å². The van der Waals surface area contributed by atoms with E-state index in [4.69, 9.17) is 0 Å². The third-order valence-electron chi connectivity index (χ3n) is 2.02. The zero-order valence-corrected chi connectivity index (χ0v) is 8.35. The maximum atomic E-state index is 11.2. The van der Waals surface area contributed by atoms with Crippen LogP contribution in [0.3, 0.4) is 0 Å². The molecule has 1 rings (SSSR count). The molecule has 0 bridgehead atoms. The Morgan fingerprint density at radius 1 is 1.67 bits per heavy atom. The SMILES string of the molecule is CC(=O)N1[C@@H](C=O)CSC1(C)C. The van der Waals surface area contributed by atoms with Crippen molar-refractivity contribution in [1.29, 1.82) is 0 Å². The van der Waals surface area contributed by atoms with Crippen molar-refractivity contribution in [1.82, 2.24) is 4.90 Å². The smallest absolute Gasteiger partial charge is 0.221 e. The molecule has 0 spiro atoms. The van der Waals surface area contributed by atoms with Crippen molar-refractivity contribution >= 4 is 24.0 Å². The summed E-state index contributed by atoms with van der Waals surface area (Å²) in [5, 5.41) is 0. The lowest BCUT2D eigenvalue weighted by molar-refractivity contribution is -0.135. The summed E-state index contributed by atoms with van der Waals surface area (Å²) in [7, 11) is 0. The monoisotopic (exact) mass is 187 g/mol. The molecular weight excluding hydrogens is 174 g/mol. The standard InChI is InChI=1S/C8H13NO2S/c1-6(11)9-7(4-10)5-12-8(9,2)3/h4,7H,5H2,1-3H3/t7-/m0/s1. The Morgan fingerprint density at radius 2 is 2.25 bits per heavy atom. The largest absolute Gasteiger partial charge is 0.318 e.